The molecule has 0 aliphatic rings. The highest BCUT2D eigenvalue weighted by Gasteiger charge is 2.13. The number of para-hydroxylation sites is 1. The monoisotopic (exact) mass is 327 g/mol. The van der Waals surface area contributed by atoms with E-state index >= 15 is 0 Å². The van der Waals surface area contributed by atoms with Crippen LogP contribution in [0.1, 0.15) is 41.5 Å². The van der Waals surface area contributed by atoms with Crippen molar-refractivity contribution in [2.24, 2.45) is 0 Å². The molecule has 2 aromatic rings. The Kier molecular flexibility index (Phi) is 5.89. The average Bonchev–Trinajstić information content (AvgIpc) is 2.55. The second kappa shape index (κ2) is 8.10. The minimum atomic E-state index is -0.395. The Labute approximate surface area is 141 Å². The van der Waals surface area contributed by atoms with Crippen LogP contribution < -0.4 is 10.6 Å². The lowest BCUT2D eigenvalue weighted by Crippen LogP contribution is -2.30. The Morgan fingerprint density at radius 1 is 1.17 bits per heavy atom. The molecule has 0 saturated heterocycles. The van der Waals surface area contributed by atoms with Crippen molar-refractivity contribution in [3.8, 4) is 0 Å². The molecule has 2 N–H and O–H groups in total. The zero-order valence-electron chi connectivity index (χ0n) is 14.0. The maximum atomic E-state index is 12.0. The number of aromatic nitrogens is 1. The van der Waals surface area contributed by atoms with Crippen LogP contribution in [0, 0.1) is 0 Å². The summed E-state index contributed by atoms with van der Waals surface area (Å²) in [4.78, 5) is 28.1. The smallest absolute Gasteiger partial charge is 0.340 e. The molecule has 1 amide bonds. The summed E-state index contributed by atoms with van der Waals surface area (Å²) >= 11 is 0. The first-order valence-electron chi connectivity index (χ1n) is 7.81. The average molecular weight is 327 g/mol. The van der Waals surface area contributed by atoms with E-state index in [9.17, 15) is 9.59 Å². The standard InChI is InChI=1S/C18H21N3O3/c1-4-24-18(23)14-7-5-6-8-15(14)21-16-10-9-13(11-19-16)17(22)20-12(2)3/h5-12H,4H2,1-3H3,(H,19,21)(H,20,22). The van der Waals surface area contributed by atoms with E-state index in [4.69, 9.17) is 4.74 Å². The summed E-state index contributed by atoms with van der Waals surface area (Å²) in [5.74, 6) is -0.0302. The molecule has 0 aliphatic heterocycles. The van der Waals surface area contributed by atoms with E-state index < -0.39 is 5.97 Å². The number of carbonyl (C=O) groups excluding carboxylic acids is 2. The Morgan fingerprint density at radius 2 is 1.92 bits per heavy atom. The molecule has 2 rings (SSSR count). The molecule has 0 aliphatic carbocycles. The molecule has 24 heavy (non-hydrogen) atoms. The van der Waals surface area contributed by atoms with Gasteiger partial charge in [0.25, 0.3) is 5.91 Å². The van der Waals surface area contributed by atoms with Gasteiger partial charge in [-0.15, -0.1) is 0 Å². The molecule has 126 valence electrons. The summed E-state index contributed by atoms with van der Waals surface area (Å²) in [5, 5.41) is 5.88. The fourth-order valence-corrected chi connectivity index (χ4v) is 2.06. The van der Waals surface area contributed by atoms with Crippen LogP contribution in [0.5, 0.6) is 0 Å². The second-order valence-corrected chi connectivity index (χ2v) is 5.45. The van der Waals surface area contributed by atoms with Gasteiger partial charge in [-0.05, 0) is 45.0 Å². The largest absolute Gasteiger partial charge is 0.462 e. The van der Waals surface area contributed by atoms with Crippen LogP contribution in [0.2, 0.25) is 0 Å². The van der Waals surface area contributed by atoms with E-state index in [0.29, 0.717) is 29.2 Å². The van der Waals surface area contributed by atoms with Crippen LogP contribution >= 0.6 is 0 Å². The summed E-state index contributed by atoms with van der Waals surface area (Å²) in [7, 11) is 0. The third-order valence-corrected chi connectivity index (χ3v) is 3.13. The van der Waals surface area contributed by atoms with Gasteiger partial charge in [0.05, 0.1) is 23.4 Å². The van der Waals surface area contributed by atoms with Gasteiger partial charge in [-0.25, -0.2) is 9.78 Å². The first kappa shape index (κ1) is 17.5. The summed E-state index contributed by atoms with van der Waals surface area (Å²) in [6, 6.07) is 10.5. The van der Waals surface area contributed by atoms with Crippen molar-refractivity contribution >= 4 is 23.4 Å². The molecule has 0 saturated carbocycles. The van der Waals surface area contributed by atoms with Gasteiger partial charge in [0.1, 0.15) is 5.82 Å². The van der Waals surface area contributed by atoms with Crippen molar-refractivity contribution in [2.45, 2.75) is 26.8 Å². The van der Waals surface area contributed by atoms with E-state index in [0.717, 1.165) is 0 Å². The lowest BCUT2D eigenvalue weighted by Gasteiger charge is -2.11. The van der Waals surface area contributed by atoms with Crippen LogP contribution in [0.4, 0.5) is 11.5 Å². The highest BCUT2D eigenvalue weighted by molar-refractivity contribution is 5.96. The number of nitrogens with zero attached hydrogens (tertiary/aromatic N) is 1. The van der Waals surface area contributed by atoms with E-state index in [1.165, 1.54) is 6.20 Å². The van der Waals surface area contributed by atoms with Crippen molar-refractivity contribution in [2.75, 3.05) is 11.9 Å². The summed E-state index contributed by atoms with van der Waals surface area (Å²) in [5.41, 5.74) is 1.51. The summed E-state index contributed by atoms with van der Waals surface area (Å²) < 4.78 is 5.04. The molecule has 1 heterocycles. The van der Waals surface area contributed by atoms with E-state index in [1.54, 1.807) is 37.3 Å². The molecule has 6 nitrogen and oxygen atoms in total. The normalized spacial score (nSPS) is 10.3. The molecule has 0 fully saturated rings. The SMILES string of the molecule is CCOC(=O)c1ccccc1Nc1ccc(C(=O)NC(C)C)cn1. The predicted octanol–water partition coefficient (Wildman–Crippen LogP) is 3.14. The second-order valence-electron chi connectivity index (χ2n) is 5.45. The van der Waals surface area contributed by atoms with E-state index in [1.807, 2.05) is 19.9 Å². The number of pyridine rings is 1. The predicted molar refractivity (Wildman–Crippen MR) is 92.5 cm³/mol. The number of ether oxygens (including phenoxy) is 1. The fourth-order valence-electron chi connectivity index (χ4n) is 2.06. The summed E-state index contributed by atoms with van der Waals surface area (Å²) in [6.45, 7) is 5.86. The van der Waals surface area contributed by atoms with Gasteiger partial charge in [-0.3, -0.25) is 4.79 Å². The van der Waals surface area contributed by atoms with Crippen molar-refractivity contribution in [3.63, 3.8) is 0 Å². The highest BCUT2D eigenvalue weighted by Crippen LogP contribution is 2.20. The number of amides is 1. The number of benzene rings is 1. The van der Waals surface area contributed by atoms with Crippen LogP contribution in [-0.4, -0.2) is 29.5 Å². The molecule has 0 unspecified atom stereocenters. The number of hydrogen-bond donors (Lipinski definition) is 2. The molecule has 0 spiro atoms. The molecule has 1 aromatic heterocycles. The first-order valence-corrected chi connectivity index (χ1v) is 7.81. The van der Waals surface area contributed by atoms with Gasteiger partial charge in [-0.2, -0.15) is 0 Å². The van der Waals surface area contributed by atoms with Crippen LogP contribution in [-0.2, 0) is 4.74 Å². The van der Waals surface area contributed by atoms with Gasteiger partial charge in [0, 0.05) is 12.2 Å². The number of esters is 1. The van der Waals surface area contributed by atoms with Crippen molar-refractivity contribution < 1.29 is 14.3 Å². The molecule has 6 heteroatoms. The Balaban J connectivity index is 2.15. The minimum Gasteiger partial charge on any atom is -0.462 e. The third-order valence-electron chi connectivity index (χ3n) is 3.13. The van der Waals surface area contributed by atoms with E-state index in [-0.39, 0.29) is 11.9 Å². The quantitative estimate of drug-likeness (QED) is 0.797. The first-order chi connectivity index (χ1) is 11.5. The van der Waals surface area contributed by atoms with Gasteiger partial charge in [-0.1, -0.05) is 12.1 Å². The van der Waals surface area contributed by atoms with Crippen molar-refractivity contribution in [3.05, 3.63) is 53.7 Å². The van der Waals surface area contributed by atoms with E-state index in [2.05, 4.69) is 15.6 Å². The minimum absolute atomic E-state index is 0.0618. The van der Waals surface area contributed by atoms with Gasteiger partial charge in [0.2, 0.25) is 0 Å². The Hall–Kier alpha value is -2.89. The Bertz CT molecular complexity index is 712. The molecule has 1 aromatic carbocycles. The van der Waals surface area contributed by atoms with Crippen molar-refractivity contribution in [1.82, 2.24) is 10.3 Å². The van der Waals surface area contributed by atoms with Gasteiger partial charge >= 0.3 is 5.97 Å². The van der Waals surface area contributed by atoms with Crippen molar-refractivity contribution in [1.29, 1.82) is 0 Å². The lowest BCUT2D eigenvalue weighted by molar-refractivity contribution is 0.0527. The number of nitrogens with one attached hydrogen (secondary N) is 2. The molecule has 0 atom stereocenters. The molecular formula is C18H21N3O3. The maximum Gasteiger partial charge on any atom is 0.340 e. The van der Waals surface area contributed by atoms with Gasteiger partial charge in [0.15, 0.2) is 0 Å². The molecule has 0 radical (unpaired) electrons. The number of hydrogen-bond acceptors (Lipinski definition) is 5. The van der Waals surface area contributed by atoms with Crippen LogP contribution in [0.15, 0.2) is 42.6 Å². The molecular weight excluding hydrogens is 306 g/mol. The lowest BCUT2D eigenvalue weighted by atomic mass is 10.1. The fraction of sp³-hybridized carbons (Fsp3) is 0.278. The zero-order chi connectivity index (χ0) is 17.5. The zero-order valence-corrected chi connectivity index (χ0v) is 14.0. The van der Waals surface area contributed by atoms with Crippen LogP contribution in [0.25, 0.3) is 0 Å². The van der Waals surface area contributed by atoms with Gasteiger partial charge < -0.3 is 15.4 Å². The number of anilines is 2. The Morgan fingerprint density at radius 3 is 2.54 bits per heavy atom. The van der Waals surface area contributed by atoms with Crippen LogP contribution in [0.3, 0.4) is 0 Å². The summed E-state index contributed by atoms with van der Waals surface area (Å²) in [6.07, 6.45) is 1.49. The third kappa shape index (κ3) is 4.55. The number of carbonyl (C=O) groups is 2. The number of rotatable bonds is 6. The molecule has 0 bridgehead atoms. The maximum absolute atomic E-state index is 12.0. The highest BCUT2D eigenvalue weighted by atomic mass is 16.5. The topological polar surface area (TPSA) is 80.3 Å².